The normalized spacial score (nSPS) is 9.88. The maximum atomic E-state index is 10.6. The quantitative estimate of drug-likeness (QED) is 0.519. The van der Waals surface area contributed by atoms with Crippen LogP contribution in [0.4, 0.5) is 0 Å². The Hall–Kier alpha value is -1.40. The smallest absolute Gasteiger partial charge is 0.463 e. The Morgan fingerprint density at radius 3 is 2.47 bits per heavy atom. The van der Waals surface area contributed by atoms with E-state index in [2.05, 4.69) is 15.0 Å². The van der Waals surface area contributed by atoms with E-state index in [1.165, 1.54) is 19.2 Å². The predicted octanol–water partition coefficient (Wildman–Crippen LogP) is 0.406. The van der Waals surface area contributed by atoms with Crippen molar-refractivity contribution in [1.29, 1.82) is 0 Å². The molecule has 0 aliphatic heterocycles. The Morgan fingerprint density at radius 2 is 1.94 bits per heavy atom. The third kappa shape index (κ3) is 6.70. The van der Waals surface area contributed by atoms with Crippen molar-refractivity contribution in [2.24, 2.45) is 5.73 Å². The zero-order valence-corrected chi connectivity index (χ0v) is 10.0. The van der Waals surface area contributed by atoms with Crippen LogP contribution in [0.3, 0.4) is 0 Å². The Kier molecular flexibility index (Phi) is 7.16. The first-order chi connectivity index (χ1) is 8.03. The molecule has 1 aromatic carbocycles. The fourth-order valence-corrected chi connectivity index (χ4v) is 1.40. The molecule has 4 N–H and O–H groups in total. The van der Waals surface area contributed by atoms with Gasteiger partial charge in [0.2, 0.25) is 0 Å². The molecule has 0 radical (unpaired) electrons. The lowest BCUT2D eigenvalue weighted by molar-refractivity contribution is -0.129. The monoisotopic (exact) mass is 263 g/mol. The summed E-state index contributed by atoms with van der Waals surface area (Å²) >= 11 is 0. The molecule has 0 atom stereocenters. The number of carbonyl (C=O) groups excluding carboxylic acids is 1. The van der Waals surface area contributed by atoms with Gasteiger partial charge in [-0.1, -0.05) is 18.2 Å². The molecule has 7 nitrogen and oxygen atoms in total. The van der Waals surface area contributed by atoms with Crippen molar-refractivity contribution in [1.82, 2.24) is 0 Å². The molecule has 0 aliphatic carbocycles. The van der Waals surface area contributed by atoms with Crippen molar-refractivity contribution >= 4 is 14.3 Å². The molecule has 0 bridgehead atoms. The van der Waals surface area contributed by atoms with Gasteiger partial charge in [-0.15, -0.1) is 0 Å². The van der Waals surface area contributed by atoms with Crippen molar-refractivity contribution in [3.8, 4) is 5.75 Å². The Morgan fingerprint density at radius 1 is 1.35 bits per heavy atom. The Bertz CT molecular complexity index is 391. The largest absolute Gasteiger partial charge is 0.524 e. The first-order valence-electron chi connectivity index (χ1n) is 4.49. The second-order valence-electron chi connectivity index (χ2n) is 2.60. The highest BCUT2D eigenvalue weighted by molar-refractivity contribution is 7.46. The highest BCUT2D eigenvalue weighted by Gasteiger charge is 2.17. The SMILES string of the molecule is CN.O=COCc1ccccc1OP(=O)(O)O. The summed E-state index contributed by atoms with van der Waals surface area (Å²) in [6.45, 7) is 0.147. The average molecular weight is 263 g/mol. The Labute approximate surface area is 98.4 Å². The number of hydrogen-bond acceptors (Lipinski definition) is 5. The van der Waals surface area contributed by atoms with E-state index in [1.54, 1.807) is 12.1 Å². The van der Waals surface area contributed by atoms with Crippen molar-refractivity contribution in [3.63, 3.8) is 0 Å². The third-order valence-corrected chi connectivity index (χ3v) is 1.93. The van der Waals surface area contributed by atoms with Gasteiger partial charge < -0.3 is 15.0 Å². The van der Waals surface area contributed by atoms with Crippen LogP contribution in [0.25, 0.3) is 0 Å². The van der Waals surface area contributed by atoms with E-state index in [0.717, 1.165) is 0 Å². The first kappa shape index (κ1) is 15.6. The first-order valence-corrected chi connectivity index (χ1v) is 6.02. The van der Waals surface area contributed by atoms with Crippen LogP contribution < -0.4 is 10.3 Å². The van der Waals surface area contributed by atoms with E-state index in [0.29, 0.717) is 5.56 Å². The number of carbonyl (C=O) groups is 1. The van der Waals surface area contributed by atoms with Crippen molar-refractivity contribution < 1.29 is 28.4 Å². The number of benzene rings is 1. The fraction of sp³-hybridized carbons (Fsp3) is 0.222. The molecule has 1 aromatic rings. The van der Waals surface area contributed by atoms with Crippen LogP contribution in [0.2, 0.25) is 0 Å². The minimum absolute atomic E-state index is 0.00677. The molecular weight excluding hydrogens is 249 g/mol. The molecule has 8 heteroatoms. The Balaban J connectivity index is 0.00000121. The van der Waals surface area contributed by atoms with Gasteiger partial charge >= 0.3 is 7.82 Å². The fourth-order valence-electron chi connectivity index (χ4n) is 0.964. The molecule has 0 saturated heterocycles. The van der Waals surface area contributed by atoms with Gasteiger partial charge in [0.1, 0.15) is 12.4 Å². The topological polar surface area (TPSA) is 119 Å². The summed E-state index contributed by atoms with van der Waals surface area (Å²) in [6, 6.07) is 6.10. The molecule has 17 heavy (non-hydrogen) atoms. The summed E-state index contributed by atoms with van der Waals surface area (Å²) in [7, 11) is -3.09. The molecule has 0 saturated carbocycles. The minimum Gasteiger partial charge on any atom is -0.463 e. The van der Waals surface area contributed by atoms with Crippen molar-refractivity contribution in [3.05, 3.63) is 29.8 Å². The van der Waals surface area contributed by atoms with Gasteiger partial charge in [-0.05, 0) is 13.1 Å². The average Bonchev–Trinajstić information content (AvgIpc) is 2.29. The van der Waals surface area contributed by atoms with Crippen LogP contribution in [0.15, 0.2) is 24.3 Å². The molecule has 1 rings (SSSR count). The molecule has 0 unspecified atom stereocenters. The van der Waals surface area contributed by atoms with Crippen molar-refractivity contribution in [2.45, 2.75) is 6.61 Å². The van der Waals surface area contributed by atoms with E-state index in [4.69, 9.17) is 9.79 Å². The molecule has 0 amide bonds. The summed E-state index contributed by atoms with van der Waals surface area (Å²) in [4.78, 5) is 27.2. The second-order valence-corrected chi connectivity index (χ2v) is 3.76. The summed E-state index contributed by atoms with van der Waals surface area (Å²) in [6.07, 6.45) is 0. The van der Waals surface area contributed by atoms with Gasteiger partial charge in [0.05, 0.1) is 0 Å². The zero-order valence-electron chi connectivity index (χ0n) is 9.15. The number of phosphoric ester groups is 1. The van der Waals surface area contributed by atoms with Gasteiger partial charge in [0, 0.05) is 5.56 Å². The lowest BCUT2D eigenvalue weighted by Crippen LogP contribution is -1.97. The van der Waals surface area contributed by atoms with E-state index in [-0.39, 0.29) is 18.8 Å². The minimum atomic E-state index is -4.59. The maximum Gasteiger partial charge on any atom is 0.524 e. The summed E-state index contributed by atoms with van der Waals surface area (Å²) in [5.74, 6) is -0.00677. The zero-order chi connectivity index (χ0) is 13.3. The van der Waals surface area contributed by atoms with Gasteiger partial charge in [0.15, 0.2) is 0 Å². The molecule has 0 spiro atoms. The van der Waals surface area contributed by atoms with E-state index < -0.39 is 7.82 Å². The van der Waals surface area contributed by atoms with Crippen LogP contribution in [0.1, 0.15) is 5.56 Å². The number of para-hydroxylation sites is 1. The van der Waals surface area contributed by atoms with Gasteiger partial charge in [0.25, 0.3) is 6.47 Å². The van der Waals surface area contributed by atoms with E-state index in [1.807, 2.05) is 0 Å². The standard InChI is InChI=1S/C8H9O6P.CH5N/c9-6-13-5-7-3-1-2-4-8(7)14-15(10,11)12;1-2/h1-4,6H,5H2,(H2,10,11,12);2H2,1H3. The second kappa shape index (κ2) is 7.81. The number of ether oxygens (including phenoxy) is 1. The maximum absolute atomic E-state index is 10.6. The van der Waals surface area contributed by atoms with E-state index >= 15 is 0 Å². The summed E-state index contributed by atoms with van der Waals surface area (Å²) in [5, 5.41) is 0. The number of hydrogen-bond donors (Lipinski definition) is 3. The van der Waals surface area contributed by atoms with Crippen LogP contribution in [-0.4, -0.2) is 23.3 Å². The number of rotatable bonds is 5. The van der Waals surface area contributed by atoms with Gasteiger partial charge in [-0.3, -0.25) is 14.6 Å². The molecule has 0 aliphatic rings. The molecular formula is C9H14NO6P. The highest BCUT2D eigenvalue weighted by atomic mass is 31.2. The van der Waals surface area contributed by atoms with Crippen LogP contribution >= 0.6 is 7.82 Å². The van der Waals surface area contributed by atoms with Crippen LogP contribution in [0.5, 0.6) is 5.75 Å². The van der Waals surface area contributed by atoms with Crippen molar-refractivity contribution in [2.75, 3.05) is 7.05 Å². The molecule has 0 fully saturated rings. The third-order valence-electron chi connectivity index (χ3n) is 1.50. The van der Waals surface area contributed by atoms with Gasteiger partial charge in [-0.25, -0.2) is 4.57 Å². The summed E-state index contributed by atoms with van der Waals surface area (Å²) in [5.41, 5.74) is 4.88. The van der Waals surface area contributed by atoms with Gasteiger partial charge in [-0.2, -0.15) is 0 Å². The van der Waals surface area contributed by atoms with Crippen LogP contribution in [0, 0.1) is 0 Å². The van der Waals surface area contributed by atoms with E-state index in [9.17, 15) is 9.36 Å². The van der Waals surface area contributed by atoms with Crippen LogP contribution in [-0.2, 0) is 20.7 Å². The number of nitrogens with two attached hydrogens (primary N) is 1. The lowest BCUT2D eigenvalue weighted by atomic mass is 10.2. The molecule has 0 aromatic heterocycles. The molecule has 0 heterocycles. The molecule has 96 valence electrons. The number of phosphoric acid groups is 1. The highest BCUT2D eigenvalue weighted by Crippen LogP contribution is 2.39. The lowest BCUT2D eigenvalue weighted by Gasteiger charge is -2.10. The summed E-state index contributed by atoms with van der Waals surface area (Å²) < 4.78 is 19.5. The predicted molar refractivity (Wildman–Crippen MR) is 60.1 cm³/mol.